The van der Waals surface area contributed by atoms with E-state index in [1.807, 2.05) is 79.5 Å². The minimum Gasteiger partial charge on any atom is -0.340 e. The van der Waals surface area contributed by atoms with Gasteiger partial charge in [-0.15, -0.1) is 0 Å². The normalized spacial score (nSPS) is 19.6. The SMILES string of the molecule is Cc1cc(C)nc(N2CC3CN(C(=O)c4ccccc4-c4ncc5ccccc5n4)CC3C2)n1. The number of anilines is 1. The lowest BCUT2D eigenvalue weighted by Gasteiger charge is -2.23. The summed E-state index contributed by atoms with van der Waals surface area (Å²) in [6, 6.07) is 17.6. The molecule has 0 spiro atoms. The quantitative estimate of drug-likeness (QED) is 0.471. The first-order valence-corrected chi connectivity index (χ1v) is 11.7. The lowest BCUT2D eigenvalue weighted by Crippen LogP contribution is -2.34. The molecule has 4 aromatic rings. The minimum atomic E-state index is 0.0518. The van der Waals surface area contributed by atoms with Crippen molar-refractivity contribution in [2.75, 3.05) is 31.1 Å². The molecule has 7 nitrogen and oxygen atoms in total. The largest absolute Gasteiger partial charge is 0.340 e. The summed E-state index contributed by atoms with van der Waals surface area (Å²) in [6.45, 7) is 7.27. The van der Waals surface area contributed by atoms with Crippen molar-refractivity contribution in [1.82, 2.24) is 24.8 Å². The van der Waals surface area contributed by atoms with Crippen molar-refractivity contribution in [3.05, 3.63) is 77.7 Å². The summed E-state index contributed by atoms with van der Waals surface area (Å²) in [5.41, 5.74) is 4.29. The molecule has 2 aliphatic heterocycles. The van der Waals surface area contributed by atoms with E-state index in [-0.39, 0.29) is 5.91 Å². The number of fused-ring (bicyclic) bond motifs is 2. The highest BCUT2D eigenvalue weighted by atomic mass is 16.2. The molecule has 2 aromatic carbocycles. The number of aromatic nitrogens is 4. The van der Waals surface area contributed by atoms with Gasteiger partial charge in [0.1, 0.15) is 0 Å². The van der Waals surface area contributed by atoms with Gasteiger partial charge in [0.15, 0.2) is 5.82 Å². The van der Waals surface area contributed by atoms with Crippen LogP contribution in [-0.4, -0.2) is 56.9 Å². The highest BCUT2D eigenvalue weighted by Crippen LogP contribution is 2.34. The van der Waals surface area contributed by atoms with E-state index in [1.54, 1.807) is 0 Å². The second-order valence-corrected chi connectivity index (χ2v) is 9.38. The molecule has 2 unspecified atom stereocenters. The van der Waals surface area contributed by atoms with Crippen LogP contribution in [0.2, 0.25) is 0 Å². The molecule has 0 bridgehead atoms. The average Bonchev–Trinajstić information content (AvgIpc) is 3.42. The van der Waals surface area contributed by atoms with Gasteiger partial charge in [-0.2, -0.15) is 0 Å². The third-order valence-electron chi connectivity index (χ3n) is 6.91. The van der Waals surface area contributed by atoms with Gasteiger partial charge in [0.25, 0.3) is 5.91 Å². The van der Waals surface area contributed by atoms with Gasteiger partial charge in [-0.3, -0.25) is 4.79 Å². The number of aryl methyl sites for hydroxylation is 2. The number of hydrogen-bond donors (Lipinski definition) is 0. The summed E-state index contributed by atoms with van der Waals surface area (Å²) in [7, 11) is 0. The molecule has 34 heavy (non-hydrogen) atoms. The average molecular weight is 451 g/mol. The topological polar surface area (TPSA) is 75.1 Å². The van der Waals surface area contributed by atoms with Gasteiger partial charge in [0.2, 0.25) is 5.95 Å². The fraction of sp³-hybridized carbons (Fsp3) is 0.296. The van der Waals surface area contributed by atoms with Crippen LogP contribution in [0.25, 0.3) is 22.3 Å². The molecule has 170 valence electrons. The Morgan fingerprint density at radius 3 is 2.29 bits per heavy atom. The molecule has 2 fully saturated rings. The van der Waals surface area contributed by atoms with Crippen molar-refractivity contribution in [3.8, 4) is 11.4 Å². The maximum Gasteiger partial charge on any atom is 0.254 e. The zero-order valence-corrected chi connectivity index (χ0v) is 19.3. The van der Waals surface area contributed by atoms with Crippen LogP contribution in [0.3, 0.4) is 0 Å². The van der Waals surface area contributed by atoms with E-state index >= 15 is 0 Å². The number of amides is 1. The molecule has 0 aliphatic carbocycles. The van der Waals surface area contributed by atoms with Gasteiger partial charge in [0.05, 0.1) is 11.1 Å². The molecule has 2 aliphatic rings. The third-order valence-corrected chi connectivity index (χ3v) is 6.91. The van der Waals surface area contributed by atoms with Crippen LogP contribution in [0.5, 0.6) is 0 Å². The molecule has 1 amide bonds. The Morgan fingerprint density at radius 1 is 0.853 bits per heavy atom. The van der Waals surface area contributed by atoms with Crippen molar-refractivity contribution in [2.24, 2.45) is 11.8 Å². The van der Waals surface area contributed by atoms with E-state index in [2.05, 4.69) is 19.9 Å². The van der Waals surface area contributed by atoms with Gasteiger partial charge in [-0.1, -0.05) is 36.4 Å². The van der Waals surface area contributed by atoms with Crippen LogP contribution in [0.4, 0.5) is 5.95 Å². The van der Waals surface area contributed by atoms with Gasteiger partial charge in [-0.25, -0.2) is 19.9 Å². The van der Waals surface area contributed by atoms with Crippen molar-refractivity contribution >= 4 is 22.8 Å². The number of carbonyl (C=O) groups is 1. The molecule has 2 saturated heterocycles. The Morgan fingerprint density at radius 2 is 1.53 bits per heavy atom. The van der Waals surface area contributed by atoms with Crippen LogP contribution < -0.4 is 4.90 Å². The number of benzene rings is 2. The summed E-state index contributed by atoms with van der Waals surface area (Å²) in [6.07, 6.45) is 1.82. The molecule has 6 rings (SSSR count). The van der Waals surface area contributed by atoms with Crippen molar-refractivity contribution in [3.63, 3.8) is 0 Å². The van der Waals surface area contributed by atoms with E-state index in [9.17, 15) is 4.79 Å². The Balaban J connectivity index is 1.22. The van der Waals surface area contributed by atoms with Crippen LogP contribution >= 0.6 is 0 Å². The van der Waals surface area contributed by atoms with E-state index in [4.69, 9.17) is 4.98 Å². The van der Waals surface area contributed by atoms with Crippen LogP contribution in [-0.2, 0) is 0 Å². The Hall–Kier alpha value is -3.87. The van der Waals surface area contributed by atoms with Gasteiger partial charge in [0, 0.05) is 66.5 Å². The number of para-hydroxylation sites is 1. The molecule has 0 radical (unpaired) electrons. The highest BCUT2D eigenvalue weighted by molar-refractivity contribution is 6.00. The first-order chi connectivity index (χ1) is 16.5. The van der Waals surface area contributed by atoms with E-state index in [1.165, 1.54) is 0 Å². The van der Waals surface area contributed by atoms with Crippen LogP contribution in [0.15, 0.2) is 60.8 Å². The first kappa shape index (κ1) is 20.7. The predicted molar refractivity (Wildman–Crippen MR) is 132 cm³/mol. The molecule has 2 atom stereocenters. The molecule has 0 N–H and O–H groups in total. The number of carbonyl (C=O) groups excluding carboxylic acids is 1. The lowest BCUT2D eigenvalue weighted by atomic mass is 10.0. The Labute approximate surface area is 198 Å². The number of hydrogen-bond acceptors (Lipinski definition) is 6. The van der Waals surface area contributed by atoms with Crippen LogP contribution in [0, 0.1) is 25.7 Å². The molecular formula is C27H26N6O. The van der Waals surface area contributed by atoms with Crippen molar-refractivity contribution in [1.29, 1.82) is 0 Å². The third kappa shape index (κ3) is 3.67. The predicted octanol–water partition coefficient (Wildman–Crippen LogP) is 3.91. The molecule has 7 heteroatoms. The number of likely N-dealkylation sites (tertiary alicyclic amines) is 1. The van der Waals surface area contributed by atoms with Crippen LogP contribution in [0.1, 0.15) is 21.7 Å². The summed E-state index contributed by atoms with van der Waals surface area (Å²) >= 11 is 0. The van der Waals surface area contributed by atoms with E-state index in [0.717, 1.165) is 60.0 Å². The number of rotatable bonds is 3. The minimum absolute atomic E-state index is 0.0518. The molecular weight excluding hydrogens is 424 g/mol. The maximum atomic E-state index is 13.6. The summed E-state index contributed by atoms with van der Waals surface area (Å²) in [5.74, 6) is 2.30. The smallest absolute Gasteiger partial charge is 0.254 e. The summed E-state index contributed by atoms with van der Waals surface area (Å²) in [5, 5.41) is 0.986. The van der Waals surface area contributed by atoms with Gasteiger partial charge >= 0.3 is 0 Å². The lowest BCUT2D eigenvalue weighted by molar-refractivity contribution is 0.0783. The maximum absolute atomic E-state index is 13.6. The fourth-order valence-electron chi connectivity index (χ4n) is 5.31. The summed E-state index contributed by atoms with van der Waals surface area (Å²) in [4.78, 5) is 36.4. The monoisotopic (exact) mass is 450 g/mol. The zero-order chi connectivity index (χ0) is 23.2. The summed E-state index contributed by atoms with van der Waals surface area (Å²) < 4.78 is 0. The van der Waals surface area contributed by atoms with Gasteiger partial charge < -0.3 is 9.80 Å². The number of nitrogens with zero attached hydrogens (tertiary/aromatic N) is 6. The second kappa shape index (κ2) is 8.17. The van der Waals surface area contributed by atoms with E-state index in [0.29, 0.717) is 23.2 Å². The van der Waals surface area contributed by atoms with Crippen molar-refractivity contribution < 1.29 is 4.79 Å². The molecule has 2 aromatic heterocycles. The zero-order valence-electron chi connectivity index (χ0n) is 19.3. The molecule has 0 saturated carbocycles. The van der Waals surface area contributed by atoms with Gasteiger partial charge in [-0.05, 0) is 32.0 Å². The Kier molecular flexibility index (Phi) is 4.98. The van der Waals surface area contributed by atoms with Crippen molar-refractivity contribution in [2.45, 2.75) is 13.8 Å². The standard InChI is InChI=1S/C27H26N6O/c1-17-11-18(2)30-27(29-17)33-15-20-13-32(14-21(20)16-33)26(34)23-9-5-4-8-22(23)25-28-12-19-7-3-6-10-24(19)31-25/h3-12,20-21H,13-16H2,1-2H3. The highest BCUT2D eigenvalue weighted by Gasteiger charge is 2.42. The Bertz CT molecular complexity index is 1370. The second-order valence-electron chi connectivity index (χ2n) is 9.38. The van der Waals surface area contributed by atoms with E-state index < -0.39 is 0 Å². The first-order valence-electron chi connectivity index (χ1n) is 11.7. The fourth-order valence-corrected chi connectivity index (χ4v) is 5.31. The molecule has 4 heterocycles.